The van der Waals surface area contributed by atoms with E-state index in [9.17, 15) is 9.59 Å². The van der Waals surface area contributed by atoms with E-state index in [-0.39, 0.29) is 6.42 Å². The molecule has 0 spiro atoms. The molecular weight excluding hydrogens is 480 g/mol. The number of anilines is 1. The highest BCUT2D eigenvalue weighted by Crippen LogP contribution is 2.33. The SMILES string of the molecule is Cc1onc(-c2ccc(-c3ccc(CCC(=O)O)cc3)cc2)c1NC(=O)OC(C)c1ccccc1Cl. The summed E-state index contributed by atoms with van der Waals surface area (Å²) in [7, 11) is 0. The summed E-state index contributed by atoms with van der Waals surface area (Å²) in [4.78, 5) is 23.4. The van der Waals surface area contributed by atoms with E-state index in [1.807, 2.05) is 66.7 Å². The molecule has 0 aliphatic heterocycles. The average Bonchev–Trinajstić information content (AvgIpc) is 3.23. The first-order valence-corrected chi connectivity index (χ1v) is 11.8. The van der Waals surface area contributed by atoms with Crippen LogP contribution in [0.1, 0.15) is 36.3 Å². The molecule has 2 N–H and O–H groups in total. The van der Waals surface area contributed by atoms with Gasteiger partial charge in [0.1, 0.15) is 17.5 Å². The minimum atomic E-state index is -0.810. The lowest BCUT2D eigenvalue weighted by atomic mass is 10.00. The third kappa shape index (κ3) is 5.93. The molecule has 36 heavy (non-hydrogen) atoms. The van der Waals surface area contributed by atoms with Gasteiger partial charge in [-0.05, 0) is 43.0 Å². The van der Waals surface area contributed by atoms with E-state index >= 15 is 0 Å². The Morgan fingerprint density at radius 1 is 1.00 bits per heavy atom. The van der Waals surface area contributed by atoms with E-state index in [1.165, 1.54) is 0 Å². The Kier molecular flexibility index (Phi) is 7.71. The van der Waals surface area contributed by atoms with Gasteiger partial charge < -0.3 is 14.4 Å². The predicted octanol–water partition coefficient (Wildman–Crippen LogP) is 7.30. The van der Waals surface area contributed by atoms with Crippen LogP contribution in [0.2, 0.25) is 5.02 Å². The van der Waals surface area contributed by atoms with E-state index in [0.717, 1.165) is 22.3 Å². The van der Waals surface area contributed by atoms with Crippen molar-refractivity contribution < 1.29 is 24.0 Å². The summed E-state index contributed by atoms with van der Waals surface area (Å²) in [6, 6.07) is 22.7. The van der Waals surface area contributed by atoms with Crippen molar-refractivity contribution in [2.45, 2.75) is 32.8 Å². The second-order valence-electron chi connectivity index (χ2n) is 8.32. The van der Waals surface area contributed by atoms with E-state index in [4.69, 9.17) is 26.0 Å². The summed E-state index contributed by atoms with van der Waals surface area (Å²) in [6.07, 6.45) is -0.588. The van der Waals surface area contributed by atoms with Crippen molar-refractivity contribution in [1.29, 1.82) is 0 Å². The van der Waals surface area contributed by atoms with Gasteiger partial charge in [-0.1, -0.05) is 83.5 Å². The van der Waals surface area contributed by atoms with Gasteiger partial charge >= 0.3 is 12.1 Å². The molecule has 1 heterocycles. The van der Waals surface area contributed by atoms with Crippen LogP contribution in [0.3, 0.4) is 0 Å². The maximum absolute atomic E-state index is 12.6. The Bertz CT molecular complexity index is 1360. The molecule has 3 aromatic carbocycles. The fourth-order valence-electron chi connectivity index (χ4n) is 3.81. The zero-order valence-corrected chi connectivity index (χ0v) is 20.6. The van der Waals surface area contributed by atoms with E-state index in [1.54, 1.807) is 19.9 Å². The molecule has 0 fully saturated rings. The Morgan fingerprint density at radius 3 is 2.25 bits per heavy atom. The third-order valence-corrected chi connectivity index (χ3v) is 6.13. The quantitative estimate of drug-likeness (QED) is 0.261. The largest absolute Gasteiger partial charge is 0.481 e. The van der Waals surface area contributed by atoms with Crippen LogP contribution in [0.4, 0.5) is 10.5 Å². The summed E-state index contributed by atoms with van der Waals surface area (Å²) in [5, 5.41) is 16.2. The molecule has 8 heteroatoms. The van der Waals surface area contributed by atoms with Crippen LogP contribution in [0.25, 0.3) is 22.4 Å². The van der Waals surface area contributed by atoms with Crippen molar-refractivity contribution >= 4 is 29.4 Å². The Hall–Kier alpha value is -4.10. The zero-order chi connectivity index (χ0) is 25.7. The normalized spacial score (nSPS) is 11.6. The lowest BCUT2D eigenvalue weighted by Gasteiger charge is -2.15. The van der Waals surface area contributed by atoms with Gasteiger partial charge in [0.25, 0.3) is 0 Å². The summed E-state index contributed by atoms with van der Waals surface area (Å²) < 4.78 is 10.9. The van der Waals surface area contributed by atoms with Gasteiger partial charge in [0.15, 0.2) is 5.76 Å². The average molecular weight is 505 g/mol. The van der Waals surface area contributed by atoms with Gasteiger partial charge in [-0.25, -0.2) is 4.79 Å². The fraction of sp³-hybridized carbons (Fsp3) is 0.179. The van der Waals surface area contributed by atoms with Gasteiger partial charge in [-0.15, -0.1) is 0 Å². The molecule has 1 atom stereocenters. The number of rotatable bonds is 8. The second-order valence-corrected chi connectivity index (χ2v) is 8.73. The molecule has 1 amide bonds. The Balaban J connectivity index is 1.46. The molecule has 0 saturated heterocycles. The molecule has 1 unspecified atom stereocenters. The molecule has 0 saturated carbocycles. The summed E-state index contributed by atoms with van der Waals surface area (Å²) in [5.74, 6) is -0.358. The monoisotopic (exact) mass is 504 g/mol. The molecule has 7 nitrogen and oxygen atoms in total. The van der Waals surface area contributed by atoms with Crippen LogP contribution in [0.15, 0.2) is 77.3 Å². The highest BCUT2D eigenvalue weighted by molar-refractivity contribution is 6.31. The molecular formula is C28H25ClN2O5. The van der Waals surface area contributed by atoms with Crippen LogP contribution in [-0.4, -0.2) is 22.3 Å². The number of aryl methyl sites for hydroxylation is 2. The minimum Gasteiger partial charge on any atom is -0.481 e. The molecule has 4 rings (SSSR count). The first kappa shape index (κ1) is 25.0. The Morgan fingerprint density at radius 2 is 1.61 bits per heavy atom. The molecule has 184 valence electrons. The predicted molar refractivity (Wildman–Crippen MR) is 138 cm³/mol. The number of aliphatic carboxylic acids is 1. The van der Waals surface area contributed by atoms with Crippen LogP contribution in [0.5, 0.6) is 0 Å². The number of hydrogen-bond donors (Lipinski definition) is 2. The third-order valence-electron chi connectivity index (χ3n) is 5.79. The van der Waals surface area contributed by atoms with Crippen molar-refractivity contribution in [3.8, 4) is 22.4 Å². The number of nitrogens with one attached hydrogen (secondary N) is 1. The molecule has 1 aromatic heterocycles. The maximum Gasteiger partial charge on any atom is 0.412 e. The topological polar surface area (TPSA) is 102 Å². The van der Waals surface area contributed by atoms with Crippen LogP contribution >= 0.6 is 11.6 Å². The number of benzene rings is 3. The number of amides is 1. The summed E-state index contributed by atoms with van der Waals surface area (Å²) in [5.41, 5.74) is 5.37. The zero-order valence-electron chi connectivity index (χ0n) is 19.8. The lowest BCUT2D eigenvalue weighted by molar-refractivity contribution is -0.136. The molecule has 0 aliphatic carbocycles. The number of nitrogens with zero attached hydrogens (tertiary/aromatic N) is 1. The van der Waals surface area contributed by atoms with Crippen molar-refractivity contribution in [1.82, 2.24) is 5.16 Å². The minimum absolute atomic E-state index is 0.105. The highest BCUT2D eigenvalue weighted by Gasteiger charge is 2.20. The summed E-state index contributed by atoms with van der Waals surface area (Å²) in [6.45, 7) is 3.46. The van der Waals surface area contributed by atoms with Crippen molar-refractivity contribution in [3.63, 3.8) is 0 Å². The van der Waals surface area contributed by atoms with Crippen molar-refractivity contribution in [2.75, 3.05) is 5.32 Å². The van der Waals surface area contributed by atoms with Gasteiger partial charge in [0.05, 0.1) is 0 Å². The van der Waals surface area contributed by atoms with Gasteiger partial charge in [0, 0.05) is 22.6 Å². The number of aromatic nitrogens is 1. The number of ether oxygens (including phenoxy) is 1. The number of halogens is 1. The highest BCUT2D eigenvalue weighted by atomic mass is 35.5. The second kappa shape index (κ2) is 11.1. The molecule has 0 radical (unpaired) electrons. The number of hydrogen-bond acceptors (Lipinski definition) is 5. The van der Waals surface area contributed by atoms with Gasteiger partial charge in [-0.2, -0.15) is 0 Å². The van der Waals surface area contributed by atoms with Crippen LogP contribution in [-0.2, 0) is 16.0 Å². The van der Waals surface area contributed by atoms with E-state index < -0.39 is 18.2 Å². The first-order valence-electron chi connectivity index (χ1n) is 11.4. The number of carbonyl (C=O) groups is 2. The van der Waals surface area contributed by atoms with Gasteiger partial charge in [0.2, 0.25) is 0 Å². The molecule has 0 aliphatic rings. The van der Waals surface area contributed by atoms with Gasteiger partial charge in [-0.3, -0.25) is 10.1 Å². The van der Waals surface area contributed by atoms with E-state index in [0.29, 0.717) is 34.1 Å². The van der Waals surface area contributed by atoms with Crippen molar-refractivity contribution in [2.24, 2.45) is 0 Å². The lowest BCUT2D eigenvalue weighted by Crippen LogP contribution is -2.17. The standard InChI is InChI=1S/C28H25ClN2O5/c1-17(23-5-3-4-6-24(23)29)35-28(34)30-26-18(2)36-31-27(26)22-14-12-21(13-15-22)20-10-7-19(8-11-20)9-16-25(32)33/h3-8,10-15,17H,9,16H2,1-2H3,(H,30,34)(H,32,33). The number of carbonyl (C=O) groups excluding carboxylic acids is 1. The maximum atomic E-state index is 12.6. The number of carboxylic acids is 1. The smallest absolute Gasteiger partial charge is 0.412 e. The fourth-order valence-corrected chi connectivity index (χ4v) is 4.10. The van der Waals surface area contributed by atoms with Crippen LogP contribution < -0.4 is 5.32 Å². The van der Waals surface area contributed by atoms with Crippen molar-refractivity contribution in [3.05, 3.63) is 94.7 Å². The first-order chi connectivity index (χ1) is 17.3. The number of carboxylic acid groups (broad SMARTS) is 1. The Labute approximate surface area is 213 Å². The molecule has 4 aromatic rings. The van der Waals surface area contributed by atoms with Crippen LogP contribution in [0, 0.1) is 6.92 Å². The van der Waals surface area contributed by atoms with E-state index in [2.05, 4.69) is 10.5 Å². The summed E-state index contributed by atoms with van der Waals surface area (Å²) >= 11 is 6.21. The molecule has 0 bridgehead atoms.